The molecule has 0 saturated heterocycles. The Balaban J connectivity index is 2.27. The lowest BCUT2D eigenvalue weighted by molar-refractivity contribution is 0.587. The van der Waals surface area contributed by atoms with E-state index in [0.717, 1.165) is 16.0 Å². The lowest BCUT2D eigenvalue weighted by atomic mass is 10.2. The van der Waals surface area contributed by atoms with Crippen LogP contribution in [0.25, 0.3) is 11.0 Å². The number of hydrogen-bond acceptors (Lipinski definition) is 4. The SMILES string of the molecule is CCc1ccc(S(=O)(=O)n2c(=O)[nH]c3cc(N)c(C)cc32)cc1. The molecule has 3 aromatic rings. The van der Waals surface area contributed by atoms with Gasteiger partial charge >= 0.3 is 5.69 Å². The summed E-state index contributed by atoms with van der Waals surface area (Å²) in [5.41, 5.74) is 8.03. The predicted molar refractivity (Wildman–Crippen MR) is 90.1 cm³/mol. The molecular formula is C16H17N3O3S. The Bertz CT molecular complexity index is 1040. The number of imidazole rings is 1. The molecular weight excluding hydrogens is 314 g/mol. The first-order valence-corrected chi connectivity index (χ1v) is 8.64. The molecule has 0 bridgehead atoms. The third-order valence-corrected chi connectivity index (χ3v) is 5.61. The molecule has 0 atom stereocenters. The number of nitrogen functional groups attached to an aromatic ring is 1. The van der Waals surface area contributed by atoms with Gasteiger partial charge in [0.25, 0.3) is 10.0 Å². The molecule has 0 aliphatic heterocycles. The number of anilines is 1. The number of nitrogens with one attached hydrogen (secondary N) is 1. The van der Waals surface area contributed by atoms with E-state index in [9.17, 15) is 13.2 Å². The van der Waals surface area contributed by atoms with E-state index in [1.807, 2.05) is 6.92 Å². The highest BCUT2D eigenvalue weighted by Crippen LogP contribution is 2.22. The van der Waals surface area contributed by atoms with E-state index >= 15 is 0 Å². The van der Waals surface area contributed by atoms with Crippen molar-refractivity contribution < 1.29 is 8.42 Å². The van der Waals surface area contributed by atoms with Crippen molar-refractivity contribution in [1.82, 2.24) is 8.96 Å². The van der Waals surface area contributed by atoms with Crippen molar-refractivity contribution >= 4 is 26.7 Å². The Morgan fingerprint density at radius 2 is 1.83 bits per heavy atom. The lowest BCUT2D eigenvalue weighted by Crippen LogP contribution is -2.25. The summed E-state index contributed by atoms with van der Waals surface area (Å²) >= 11 is 0. The standard InChI is InChI=1S/C16H17N3O3S/c1-3-11-4-6-12(7-5-11)23(21,22)19-15-8-10(2)13(17)9-14(15)18-16(19)20/h4-9H,3,17H2,1-2H3,(H,18,20). The maximum atomic E-state index is 12.8. The van der Waals surface area contributed by atoms with Gasteiger partial charge in [0.05, 0.1) is 15.9 Å². The van der Waals surface area contributed by atoms with E-state index in [1.165, 1.54) is 12.1 Å². The van der Waals surface area contributed by atoms with E-state index in [1.54, 1.807) is 31.2 Å². The smallest absolute Gasteiger partial charge is 0.340 e. The van der Waals surface area contributed by atoms with Crippen molar-refractivity contribution in [2.75, 3.05) is 5.73 Å². The summed E-state index contributed by atoms with van der Waals surface area (Å²) in [5, 5.41) is 0. The third-order valence-electron chi connectivity index (χ3n) is 3.90. The fourth-order valence-corrected chi connectivity index (χ4v) is 3.86. The minimum absolute atomic E-state index is 0.0761. The zero-order valence-electron chi connectivity index (χ0n) is 12.8. The van der Waals surface area contributed by atoms with Crippen LogP contribution in [0.4, 0.5) is 5.69 Å². The molecule has 1 heterocycles. The van der Waals surface area contributed by atoms with Gasteiger partial charge in [-0.2, -0.15) is 3.97 Å². The highest BCUT2D eigenvalue weighted by Gasteiger charge is 2.23. The minimum Gasteiger partial charge on any atom is -0.398 e. The molecule has 7 heteroatoms. The molecule has 0 amide bonds. The van der Waals surface area contributed by atoms with E-state index in [-0.39, 0.29) is 4.90 Å². The zero-order valence-corrected chi connectivity index (χ0v) is 13.6. The van der Waals surface area contributed by atoms with Gasteiger partial charge in [-0.05, 0) is 48.7 Å². The van der Waals surface area contributed by atoms with Crippen molar-refractivity contribution in [1.29, 1.82) is 0 Å². The monoisotopic (exact) mass is 331 g/mol. The molecule has 0 spiro atoms. The van der Waals surface area contributed by atoms with Crippen LogP contribution in [0.5, 0.6) is 0 Å². The van der Waals surface area contributed by atoms with Crippen LogP contribution in [0, 0.1) is 6.92 Å². The third kappa shape index (κ3) is 2.43. The second-order valence-corrected chi connectivity index (χ2v) is 7.21. The number of aromatic nitrogens is 2. The summed E-state index contributed by atoms with van der Waals surface area (Å²) in [7, 11) is -3.98. The van der Waals surface area contributed by atoms with E-state index < -0.39 is 15.7 Å². The molecule has 6 nitrogen and oxygen atoms in total. The van der Waals surface area contributed by atoms with E-state index in [2.05, 4.69) is 4.98 Å². The lowest BCUT2D eigenvalue weighted by Gasteiger charge is -2.07. The maximum absolute atomic E-state index is 12.8. The molecule has 0 saturated carbocycles. The van der Waals surface area contributed by atoms with Crippen LogP contribution in [-0.4, -0.2) is 17.4 Å². The summed E-state index contributed by atoms with van der Waals surface area (Å²) in [5.74, 6) is 0. The summed E-state index contributed by atoms with van der Waals surface area (Å²) < 4.78 is 26.5. The number of H-pyrrole nitrogens is 1. The average Bonchev–Trinajstić information content (AvgIpc) is 2.83. The second-order valence-electron chi connectivity index (χ2n) is 5.42. The number of fused-ring (bicyclic) bond motifs is 1. The highest BCUT2D eigenvalue weighted by atomic mass is 32.2. The van der Waals surface area contributed by atoms with Gasteiger partial charge in [-0.25, -0.2) is 13.2 Å². The number of nitrogens with zero attached hydrogens (tertiary/aromatic N) is 1. The molecule has 120 valence electrons. The van der Waals surface area contributed by atoms with Crippen LogP contribution >= 0.6 is 0 Å². The van der Waals surface area contributed by atoms with Gasteiger partial charge in [0.2, 0.25) is 0 Å². The van der Waals surface area contributed by atoms with Crippen LogP contribution in [0.15, 0.2) is 46.1 Å². The Morgan fingerprint density at radius 3 is 2.43 bits per heavy atom. The molecule has 0 fully saturated rings. The first-order valence-electron chi connectivity index (χ1n) is 7.20. The summed E-state index contributed by atoms with van der Waals surface area (Å²) in [6, 6.07) is 9.69. The van der Waals surface area contributed by atoms with Crippen LogP contribution in [0.2, 0.25) is 0 Å². The summed E-state index contributed by atoms with van der Waals surface area (Å²) in [6.07, 6.45) is 0.811. The Kier molecular flexibility index (Phi) is 3.52. The van der Waals surface area contributed by atoms with Gasteiger partial charge in [0.15, 0.2) is 0 Å². The molecule has 2 aromatic carbocycles. The fraction of sp³-hybridized carbons (Fsp3) is 0.188. The molecule has 0 aliphatic rings. The van der Waals surface area contributed by atoms with Crippen LogP contribution < -0.4 is 11.4 Å². The Morgan fingerprint density at radius 1 is 1.17 bits per heavy atom. The summed E-state index contributed by atoms with van der Waals surface area (Å²) in [4.78, 5) is 14.8. The quantitative estimate of drug-likeness (QED) is 0.717. The Labute approximate surface area is 133 Å². The zero-order chi connectivity index (χ0) is 16.8. The van der Waals surface area contributed by atoms with Gasteiger partial charge in [-0.1, -0.05) is 19.1 Å². The maximum Gasteiger partial charge on any atom is 0.340 e. The number of benzene rings is 2. The molecule has 0 aliphatic carbocycles. The van der Waals surface area contributed by atoms with Crippen molar-refractivity contribution in [3.05, 3.63) is 58.0 Å². The number of aryl methyl sites for hydroxylation is 2. The number of aromatic amines is 1. The van der Waals surface area contributed by atoms with Crippen LogP contribution in [-0.2, 0) is 16.4 Å². The highest BCUT2D eigenvalue weighted by molar-refractivity contribution is 7.90. The first-order chi connectivity index (χ1) is 10.8. The van der Waals surface area contributed by atoms with Crippen LogP contribution in [0.3, 0.4) is 0 Å². The van der Waals surface area contributed by atoms with E-state index in [0.29, 0.717) is 22.3 Å². The van der Waals surface area contributed by atoms with Crippen molar-refractivity contribution in [3.63, 3.8) is 0 Å². The Hall–Kier alpha value is -2.54. The van der Waals surface area contributed by atoms with Crippen LogP contribution in [0.1, 0.15) is 18.1 Å². The van der Waals surface area contributed by atoms with Gasteiger partial charge in [-0.15, -0.1) is 0 Å². The molecule has 23 heavy (non-hydrogen) atoms. The van der Waals surface area contributed by atoms with Gasteiger partial charge in [0, 0.05) is 5.69 Å². The van der Waals surface area contributed by atoms with Crippen molar-refractivity contribution in [3.8, 4) is 0 Å². The molecule has 3 N–H and O–H groups in total. The first kappa shape index (κ1) is 15.4. The topological polar surface area (TPSA) is 98.0 Å². The molecule has 0 radical (unpaired) electrons. The molecule has 1 aromatic heterocycles. The number of hydrogen-bond donors (Lipinski definition) is 2. The van der Waals surface area contributed by atoms with Crippen molar-refractivity contribution in [2.45, 2.75) is 25.2 Å². The van der Waals surface area contributed by atoms with Gasteiger partial charge in [-0.3, -0.25) is 0 Å². The van der Waals surface area contributed by atoms with Crippen molar-refractivity contribution in [2.24, 2.45) is 0 Å². The molecule has 3 rings (SSSR count). The summed E-state index contributed by atoms with van der Waals surface area (Å²) in [6.45, 7) is 3.75. The normalized spacial score (nSPS) is 11.9. The molecule has 0 unspecified atom stereocenters. The second kappa shape index (κ2) is 5.27. The average molecular weight is 331 g/mol. The minimum atomic E-state index is -3.98. The predicted octanol–water partition coefficient (Wildman–Crippen LogP) is 2.02. The van der Waals surface area contributed by atoms with Gasteiger partial charge in [0.1, 0.15) is 0 Å². The largest absolute Gasteiger partial charge is 0.398 e. The van der Waals surface area contributed by atoms with Gasteiger partial charge < -0.3 is 10.7 Å². The fourth-order valence-electron chi connectivity index (χ4n) is 2.49. The van der Waals surface area contributed by atoms with E-state index in [4.69, 9.17) is 5.73 Å². The number of nitrogens with two attached hydrogens (primary N) is 1. The number of rotatable bonds is 3.